The summed E-state index contributed by atoms with van der Waals surface area (Å²) in [4.78, 5) is 25.0. The predicted molar refractivity (Wildman–Crippen MR) is 122 cm³/mol. The minimum absolute atomic E-state index is 0.0257. The maximum absolute atomic E-state index is 12.7. The smallest absolute Gasteiger partial charge is 0.411 e. The first-order valence-corrected chi connectivity index (χ1v) is 11.0. The molecule has 1 amide bonds. The summed E-state index contributed by atoms with van der Waals surface area (Å²) in [6.07, 6.45) is 2.80. The van der Waals surface area contributed by atoms with Crippen molar-refractivity contribution in [1.29, 1.82) is 0 Å². The molecule has 0 radical (unpaired) electrons. The average molecular weight is 434 g/mol. The quantitative estimate of drug-likeness (QED) is 0.483. The monoisotopic (exact) mass is 433 g/mol. The highest BCUT2D eigenvalue weighted by Gasteiger charge is 2.37. The van der Waals surface area contributed by atoms with E-state index in [-0.39, 0.29) is 29.8 Å². The van der Waals surface area contributed by atoms with Crippen molar-refractivity contribution in [3.63, 3.8) is 0 Å². The fraction of sp³-hybridized carbons (Fsp3) is 0.308. The number of hydrogen-bond acceptors (Lipinski definition) is 5. The number of anilines is 1. The number of hydrogen-bond donors (Lipinski definition) is 2. The lowest BCUT2D eigenvalue weighted by atomic mass is 9.87. The molecule has 166 valence electrons. The van der Waals surface area contributed by atoms with Crippen molar-refractivity contribution in [1.82, 2.24) is 0 Å². The Morgan fingerprint density at radius 2 is 1.94 bits per heavy atom. The molecule has 4 rings (SSSR count). The van der Waals surface area contributed by atoms with Crippen LogP contribution >= 0.6 is 0 Å². The Kier molecular flexibility index (Phi) is 6.59. The first kappa shape index (κ1) is 21.7. The highest BCUT2D eigenvalue weighted by molar-refractivity contribution is 5.84. The molecule has 6 heteroatoms. The minimum Gasteiger partial charge on any atom is -0.507 e. The maximum Gasteiger partial charge on any atom is 0.411 e. The standard InChI is InChI=1S/C26H27NO5/c1-2-7-21-15-22(28)24(25(29)32-21)23(18-12-13-18)19-10-6-11-20(14-19)27-26(30)31-16-17-8-4-3-5-9-17/h3-6,8-11,14-15,18,23,28H,2,7,12-13,16H2,1H3,(H,27,30). The molecular weight excluding hydrogens is 406 g/mol. The van der Waals surface area contributed by atoms with E-state index in [0.29, 0.717) is 17.9 Å². The van der Waals surface area contributed by atoms with Crippen LogP contribution in [-0.2, 0) is 17.8 Å². The summed E-state index contributed by atoms with van der Waals surface area (Å²) in [5.74, 6) is 0.428. The molecule has 1 saturated carbocycles. The molecule has 0 aliphatic heterocycles. The van der Waals surface area contributed by atoms with Crippen LogP contribution in [0.25, 0.3) is 0 Å². The molecule has 0 saturated heterocycles. The Morgan fingerprint density at radius 3 is 2.62 bits per heavy atom. The molecule has 1 heterocycles. The van der Waals surface area contributed by atoms with E-state index in [0.717, 1.165) is 30.4 Å². The predicted octanol–water partition coefficient (Wildman–Crippen LogP) is 5.59. The van der Waals surface area contributed by atoms with Crippen LogP contribution < -0.4 is 10.9 Å². The second-order valence-corrected chi connectivity index (χ2v) is 8.18. The van der Waals surface area contributed by atoms with E-state index in [1.165, 1.54) is 0 Å². The van der Waals surface area contributed by atoms with Gasteiger partial charge in [-0.3, -0.25) is 5.32 Å². The third kappa shape index (κ3) is 5.19. The van der Waals surface area contributed by atoms with Crippen LogP contribution in [0.5, 0.6) is 5.75 Å². The minimum atomic E-state index is -0.555. The molecule has 6 nitrogen and oxygen atoms in total. The summed E-state index contributed by atoms with van der Waals surface area (Å²) in [5.41, 5.74) is 2.11. The third-order valence-corrected chi connectivity index (χ3v) is 5.62. The van der Waals surface area contributed by atoms with E-state index >= 15 is 0 Å². The average Bonchev–Trinajstić information content (AvgIpc) is 3.61. The number of rotatable bonds is 8. The summed E-state index contributed by atoms with van der Waals surface area (Å²) in [7, 11) is 0. The first-order valence-electron chi connectivity index (χ1n) is 11.0. The molecule has 2 N–H and O–H groups in total. The van der Waals surface area contributed by atoms with Crippen molar-refractivity contribution in [2.75, 3.05) is 5.32 Å². The molecule has 1 aliphatic carbocycles. The molecule has 1 fully saturated rings. The van der Waals surface area contributed by atoms with Gasteiger partial charge < -0.3 is 14.3 Å². The van der Waals surface area contributed by atoms with Crippen molar-refractivity contribution in [3.8, 4) is 5.75 Å². The summed E-state index contributed by atoms with van der Waals surface area (Å²) in [5, 5.41) is 13.4. The van der Waals surface area contributed by atoms with Gasteiger partial charge in [0.2, 0.25) is 0 Å². The highest BCUT2D eigenvalue weighted by Crippen LogP contribution is 2.48. The Morgan fingerprint density at radius 1 is 1.16 bits per heavy atom. The summed E-state index contributed by atoms with van der Waals surface area (Å²) in [6, 6.07) is 18.3. The van der Waals surface area contributed by atoms with Crippen molar-refractivity contribution >= 4 is 11.8 Å². The summed E-state index contributed by atoms with van der Waals surface area (Å²) in [6.45, 7) is 2.16. The number of ether oxygens (including phenoxy) is 1. The van der Waals surface area contributed by atoms with Crippen LogP contribution in [0.2, 0.25) is 0 Å². The molecule has 1 aromatic heterocycles. The van der Waals surface area contributed by atoms with Crippen molar-refractivity contribution in [2.24, 2.45) is 5.92 Å². The number of nitrogens with one attached hydrogen (secondary N) is 1. The largest absolute Gasteiger partial charge is 0.507 e. The van der Waals surface area contributed by atoms with Gasteiger partial charge in [0.1, 0.15) is 18.1 Å². The zero-order valence-corrected chi connectivity index (χ0v) is 18.0. The highest BCUT2D eigenvalue weighted by atomic mass is 16.5. The van der Waals surface area contributed by atoms with E-state index in [1.54, 1.807) is 12.1 Å². The maximum atomic E-state index is 12.7. The number of amides is 1. The van der Waals surface area contributed by atoms with Crippen molar-refractivity contribution < 1.29 is 19.1 Å². The SMILES string of the molecule is CCCc1cc(O)c(C(c2cccc(NC(=O)OCc3ccccc3)c2)C2CC2)c(=O)o1. The fourth-order valence-electron chi connectivity index (χ4n) is 3.99. The zero-order chi connectivity index (χ0) is 22.5. The van der Waals surface area contributed by atoms with Crippen LogP contribution in [0, 0.1) is 5.92 Å². The molecule has 1 atom stereocenters. The van der Waals surface area contributed by atoms with Gasteiger partial charge in [-0.05, 0) is 48.4 Å². The third-order valence-electron chi connectivity index (χ3n) is 5.62. The lowest BCUT2D eigenvalue weighted by molar-refractivity contribution is 0.155. The lowest BCUT2D eigenvalue weighted by Gasteiger charge is -2.18. The number of aryl methyl sites for hydroxylation is 1. The van der Waals surface area contributed by atoms with Crippen molar-refractivity contribution in [2.45, 2.75) is 45.1 Å². The first-order chi connectivity index (χ1) is 15.5. The molecule has 32 heavy (non-hydrogen) atoms. The van der Waals surface area contributed by atoms with E-state index in [4.69, 9.17) is 9.15 Å². The molecule has 0 bridgehead atoms. The lowest BCUT2D eigenvalue weighted by Crippen LogP contribution is -2.17. The topological polar surface area (TPSA) is 88.8 Å². The Bertz CT molecular complexity index is 1130. The summed E-state index contributed by atoms with van der Waals surface area (Å²) >= 11 is 0. The summed E-state index contributed by atoms with van der Waals surface area (Å²) < 4.78 is 10.8. The van der Waals surface area contributed by atoms with Gasteiger partial charge in [0.25, 0.3) is 0 Å². The van der Waals surface area contributed by atoms with Gasteiger partial charge in [0, 0.05) is 24.1 Å². The molecular formula is C26H27NO5. The molecule has 1 aliphatic rings. The van der Waals surface area contributed by atoms with Crippen LogP contribution in [0.3, 0.4) is 0 Å². The van der Waals surface area contributed by atoms with E-state index in [2.05, 4.69) is 5.32 Å². The Balaban J connectivity index is 1.53. The van der Waals surface area contributed by atoms with Gasteiger partial charge >= 0.3 is 11.7 Å². The second-order valence-electron chi connectivity index (χ2n) is 8.18. The van der Waals surface area contributed by atoms with Gasteiger partial charge in [-0.1, -0.05) is 49.4 Å². The number of carbonyl (C=O) groups is 1. The van der Waals surface area contributed by atoms with Gasteiger partial charge in [0.05, 0.1) is 5.56 Å². The fourth-order valence-corrected chi connectivity index (χ4v) is 3.99. The van der Waals surface area contributed by atoms with Gasteiger partial charge in [-0.15, -0.1) is 0 Å². The Hall–Kier alpha value is -3.54. The molecule has 2 aromatic carbocycles. The molecule has 0 spiro atoms. The van der Waals surface area contributed by atoms with Crippen LogP contribution in [0.1, 0.15) is 54.6 Å². The normalized spacial score (nSPS) is 14.0. The van der Waals surface area contributed by atoms with E-state index in [1.807, 2.05) is 55.5 Å². The number of carbonyl (C=O) groups excluding carboxylic acids is 1. The van der Waals surface area contributed by atoms with Gasteiger partial charge in [-0.2, -0.15) is 0 Å². The number of benzene rings is 2. The van der Waals surface area contributed by atoms with E-state index in [9.17, 15) is 14.7 Å². The Labute approximate surface area is 186 Å². The van der Waals surface area contributed by atoms with Gasteiger partial charge in [-0.25, -0.2) is 9.59 Å². The van der Waals surface area contributed by atoms with Crippen LogP contribution in [-0.4, -0.2) is 11.2 Å². The van der Waals surface area contributed by atoms with Crippen molar-refractivity contribution in [3.05, 3.63) is 93.5 Å². The zero-order valence-electron chi connectivity index (χ0n) is 18.0. The van der Waals surface area contributed by atoms with Gasteiger partial charge in [0.15, 0.2) is 0 Å². The van der Waals surface area contributed by atoms with E-state index < -0.39 is 11.7 Å². The number of aromatic hydroxyl groups is 1. The molecule has 3 aromatic rings. The van der Waals surface area contributed by atoms with Crippen LogP contribution in [0.15, 0.2) is 69.9 Å². The molecule has 1 unspecified atom stereocenters. The second kappa shape index (κ2) is 9.73. The van der Waals surface area contributed by atoms with Crippen LogP contribution in [0.4, 0.5) is 10.5 Å².